The summed E-state index contributed by atoms with van der Waals surface area (Å²) >= 11 is 12.8. The van der Waals surface area contributed by atoms with Crippen LogP contribution in [0, 0.1) is 0 Å². The molecule has 84 valence electrons. The molecule has 0 bridgehead atoms. The third kappa shape index (κ3) is 1.95. The topological polar surface area (TPSA) is 59.0 Å². The van der Waals surface area contributed by atoms with Crippen LogP contribution in [-0.4, -0.2) is 27.9 Å². The van der Waals surface area contributed by atoms with E-state index in [9.17, 15) is 4.79 Å². The van der Waals surface area contributed by atoms with Crippen LogP contribution in [-0.2, 0) is 4.79 Å². The minimum Gasteiger partial charge on any atom is -0.291 e. The minimum atomic E-state index is -0.116. The second kappa shape index (κ2) is 4.12. The predicted octanol–water partition coefficient (Wildman–Crippen LogP) is 2.38. The van der Waals surface area contributed by atoms with Gasteiger partial charge in [-0.1, -0.05) is 22.9 Å². The first-order valence-corrected chi connectivity index (χ1v) is 5.80. The van der Waals surface area contributed by atoms with Crippen molar-refractivity contribution in [2.45, 2.75) is 6.92 Å². The molecular formula is C8H6Cl2N4OS. The summed E-state index contributed by atoms with van der Waals surface area (Å²) in [5, 5.41) is 0.802. The van der Waals surface area contributed by atoms with Crippen LogP contribution in [0.3, 0.4) is 0 Å². The third-order valence-corrected chi connectivity index (χ3v) is 3.62. The Labute approximate surface area is 105 Å². The van der Waals surface area contributed by atoms with E-state index in [2.05, 4.69) is 15.0 Å². The zero-order chi connectivity index (χ0) is 11.9. The Hall–Kier alpha value is -0.980. The van der Waals surface area contributed by atoms with E-state index in [1.165, 1.54) is 23.2 Å². The van der Waals surface area contributed by atoms with Gasteiger partial charge in [-0.25, -0.2) is 4.98 Å². The summed E-state index contributed by atoms with van der Waals surface area (Å²) in [6.07, 6.45) is 0. The maximum Gasteiger partial charge on any atom is 0.225 e. The second-order valence-corrected chi connectivity index (χ2v) is 4.68. The zero-order valence-electron chi connectivity index (χ0n) is 8.36. The van der Waals surface area contributed by atoms with Gasteiger partial charge in [-0.3, -0.25) is 9.69 Å². The lowest BCUT2D eigenvalue weighted by Crippen LogP contribution is -2.22. The first-order valence-electron chi connectivity index (χ1n) is 4.23. The zero-order valence-corrected chi connectivity index (χ0v) is 10.7. The molecule has 0 aliphatic carbocycles. The van der Waals surface area contributed by atoms with Crippen molar-refractivity contribution < 1.29 is 4.79 Å². The Morgan fingerprint density at radius 3 is 2.62 bits per heavy atom. The number of carbonyl (C=O) groups is 1. The van der Waals surface area contributed by atoms with Crippen LogP contribution >= 0.6 is 34.5 Å². The summed E-state index contributed by atoms with van der Waals surface area (Å²) in [7, 11) is 1.63. The van der Waals surface area contributed by atoms with Gasteiger partial charge in [0.1, 0.15) is 4.70 Å². The molecule has 8 heteroatoms. The van der Waals surface area contributed by atoms with E-state index in [0.29, 0.717) is 15.5 Å². The minimum absolute atomic E-state index is 0.0415. The number of amides is 1. The van der Waals surface area contributed by atoms with Gasteiger partial charge < -0.3 is 0 Å². The lowest BCUT2D eigenvalue weighted by atomic mass is 10.6. The van der Waals surface area contributed by atoms with Crippen LogP contribution in [0.1, 0.15) is 6.92 Å². The highest BCUT2D eigenvalue weighted by Crippen LogP contribution is 2.32. The molecule has 0 spiro atoms. The molecule has 1 amide bonds. The Morgan fingerprint density at radius 2 is 2.00 bits per heavy atom. The van der Waals surface area contributed by atoms with Crippen molar-refractivity contribution >= 4 is 55.9 Å². The molecular weight excluding hydrogens is 271 g/mol. The molecule has 0 unspecified atom stereocenters. The summed E-state index contributed by atoms with van der Waals surface area (Å²) in [5.41, 5.74) is 0.401. The number of rotatable bonds is 1. The molecule has 0 atom stereocenters. The quantitative estimate of drug-likeness (QED) is 0.593. The Morgan fingerprint density at radius 1 is 1.31 bits per heavy atom. The summed E-state index contributed by atoms with van der Waals surface area (Å²) in [4.78, 5) is 24.5. The standard InChI is InChI=1S/C8H6Cl2N4OS/c1-3(15)14(2)8-13-6-4(16-8)5(9)11-7(10)12-6/h1-2H3. The van der Waals surface area contributed by atoms with Crippen molar-refractivity contribution in [3.05, 3.63) is 10.4 Å². The summed E-state index contributed by atoms with van der Waals surface area (Å²) < 4.78 is 0.620. The number of aromatic nitrogens is 3. The molecule has 2 heterocycles. The molecule has 5 nitrogen and oxygen atoms in total. The van der Waals surface area contributed by atoms with E-state index in [0.717, 1.165) is 0 Å². The number of nitrogens with zero attached hydrogens (tertiary/aromatic N) is 4. The molecule has 0 radical (unpaired) electrons. The van der Waals surface area contributed by atoms with E-state index in [1.807, 2.05) is 0 Å². The maximum atomic E-state index is 11.2. The molecule has 0 aliphatic heterocycles. The molecule has 0 saturated carbocycles. The maximum absolute atomic E-state index is 11.2. The van der Waals surface area contributed by atoms with E-state index < -0.39 is 0 Å². The fourth-order valence-electron chi connectivity index (χ4n) is 1.03. The van der Waals surface area contributed by atoms with E-state index in [4.69, 9.17) is 23.2 Å². The summed E-state index contributed by atoms with van der Waals surface area (Å²) in [6, 6.07) is 0. The number of hydrogen-bond donors (Lipinski definition) is 0. The Balaban J connectivity index is 2.60. The van der Waals surface area contributed by atoms with Crippen molar-refractivity contribution in [3.63, 3.8) is 0 Å². The number of thiazole rings is 1. The monoisotopic (exact) mass is 276 g/mol. The lowest BCUT2D eigenvalue weighted by Gasteiger charge is -2.08. The van der Waals surface area contributed by atoms with Crippen molar-refractivity contribution in [1.82, 2.24) is 15.0 Å². The molecule has 2 aromatic heterocycles. The second-order valence-electron chi connectivity index (χ2n) is 3.01. The fourth-order valence-corrected chi connectivity index (χ4v) is 2.41. The summed E-state index contributed by atoms with van der Waals surface area (Å²) in [6.45, 7) is 1.45. The van der Waals surface area contributed by atoms with Gasteiger partial charge in [0.25, 0.3) is 0 Å². The molecule has 0 aliphatic rings. The Bertz CT molecular complexity index is 570. The SMILES string of the molecule is CC(=O)N(C)c1nc2nc(Cl)nc(Cl)c2s1. The van der Waals surface area contributed by atoms with Gasteiger partial charge in [0, 0.05) is 14.0 Å². The molecule has 2 aromatic rings. The van der Waals surface area contributed by atoms with Crippen molar-refractivity contribution in [1.29, 1.82) is 0 Å². The van der Waals surface area contributed by atoms with Crippen LogP contribution in [0.15, 0.2) is 0 Å². The number of hydrogen-bond acceptors (Lipinski definition) is 5. The number of halogens is 2. The highest BCUT2D eigenvalue weighted by atomic mass is 35.5. The van der Waals surface area contributed by atoms with Crippen molar-refractivity contribution in [3.8, 4) is 0 Å². The van der Waals surface area contributed by atoms with Gasteiger partial charge in [-0.2, -0.15) is 9.97 Å². The van der Waals surface area contributed by atoms with Gasteiger partial charge in [-0.15, -0.1) is 0 Å². The first kappa shape index (κ1) is 11.5. The molecule has 16 heavy (non-hydrogen) atoms. The first-order chi connectivity index (χ1) is 7.49. The van der Waals surface area contributed by atoms with Gasteiger partial charge in [0.05, 0.1) is 0 Å². The largest absolute Gasteiger partial charge is 0.291 e. The van der Waals surface area contributed by atoms with E-state index in [1.54, 1.807) is 7.05 Å². The van der Waals surface area contributed by atoms with Crippen LogP contribution in [0.25, 0.3) is 10.3 Å². The average Bonchev–Trinajstić information content (AvgIpc) is 2.60. The average molecular weight is 277 g/mol. The number of carbonyl (C=O) groups excluding carboxylic acids is 1. The smallest absolute Gasteiger partial charge is 0.225 e. The van der Waals surface area contributed by atoms with Crippen LogP contribution < -0.4 is 4.90 Å². The molecule has 0 aromatic carbocycles. The predicted molar refractivity (Wildman–Crippen MR) is 64.3 cm³/mol. The van der Waals surface area contributed by atoms with E-state index >= 15 is 0 Å². The molecule has 0 N–H and O–H groups in total. The molecule has 2 rings (SSSR count). The molecule has 0 fully saturated rings. The fraction of sp³-hybridized carbons (Fsp3) is 0.250. The third-order valence-electron chi connectivity index (χ3n) is 1.93. The van der Waals surface area contributed by atoms with Crippen LogP contribution in [0.4, 0.5) is 5.13 Å². The highest BCUT2D eigenvalue weighted by molar-refractivity contribution is 7.22. The van der Waals surface area contributed by atoms with Crippen molar-refractivity contribution in [2.24, 2.45) is 0 Å². The highest BCUT2D eigenvalue weighted by Gasteiger charge is 2.15. The summed E-state index contributed by atoms with van der Waals surface area (Å²) in [5.74, 6) is -0.116. The van der Waals surface area contributed by atoms with Gasteiger partial charge in [0.2, 0.25) is 11.2 Å². The Kier molecular flexibility index (Phi) is 2.96. The number of fused-ring (bicyclic) bond motifs is 1. The van der Waals surface area contributed by atoms with Gasteiger partial charge in [-0.05, 0) is 11.6 Å². The van der Waals surface area contributed by atoms with Crippen molar-refractivity contribution in [2.75, 3.05) is 11.9 Å². The van der Waals surface area contributed by atoms with Crippen LogP contribution in [0.2, 0.25) is 10.4 Å². The van der Waals surface area contributed by atoms with Crippen LogP contribution in [0.5, 0.6) is 0 Å². The van der Waals surface area contributed by atoms with Gasteiger partial charge >= 0.3 is 0 Å². The van der Waals surface area contributed by atoms with Gasteiger partial charge in [0.15, 0.2) is 15.9 Å². The van der Waals surface area contributed by atoms with E-state index in [-0.39, 0.29) is 16.3 Å². The lowest BCUT2D eigenvalue weighted by molar-refractivity contribution is -0.116. The number of anilines is 1. The molecule has 0 saturated heterocycles. The normalized spacial score (nSPS) is 10.8.